The first kappa shape index (κ1) is 30.3. The van der Waals surface area contributed by atoms with Crippen molar-refractivity contribution < 1.29 is 14.4 Å². The van der Waals surface area contributed by atoms with E-state index in [1.165, 1.54) is 0 Å². The molecule has 1 aromatic carbocycles. The molecule has 0 saturated carbocycles. The number of aromatic amines is 1. The Morgan fingerprint density at radius 3 is 2.56 bits per heavy atom. The topological polar surface area (TPSA) is 136 Å². The van der Waals surface area contributed by atoms with Gasteiger partial charge in [0.1, 0.15) is 6.04 Å². The van der Waals surface area contributed by atoms with E-state index in [-0.39, 0.29) is 23.8 Å². The first-order valence-electron chi connectivity index (χ1n) is 13.8. The fraction of sp³-hybridized carbons (Fsp3) is 0.586. The average Bonchev–Trinajstić information content (AvgIpc) is 3.60. The lowest BCUT2D eigenvalue weighted by molar-refractivity contribution is -0.142. The van der Waals surface area contributed by atoms with Crippen LogP contribution in [0.15, 0.2) is 42.9 Å². The molecule has 1 aromatic heterocycles. The number of hydrogen-bond acceptors (Lipinski definition) is 6. The van der Waals surface area contributed by atoms with Gasteiger partial charge in [-0.2, -0.15) is 0 Å². The molecule has 1 aliphatic rings. The average molecular weight is 540 g/mol. The number of imidazole rings is 1. The fourth-order valence-corrected chi connectivity index (χ4v) is 4.94. The van der Waals surface area contributed by atoms with Crippen LogP contribution >= 0.6 is 0 Å². The maximum atomic E-state index is 13.9. The largest absolute Gasteiger partial charge is 0.348 e. The number of nitrogens with two attached hydrogens (primary N) is 1. The van der Waals surface area contributed by atoms with E-state index in [4.69, 9.17) is 5.73 Å². The highest BCUT2D eigenvalue weighted by molar-refractivity contribution is 5.90. The van der Waals surface area contributed by atoms with Crippen LogP contribution in [0.1, 0.15) is 51.8 Å². The van der Waals surface area contributed by atoms with E-state index >= 15 is 0 Å². The quantitative estimate of drug-likeness (QED) is 0.323. The maximum absolute atomic E-state index is 13.9. The summed E-state index contributed by atoms with van der Waals surface area (Å²) in [4.78, 5) is 50.9. The van der Waals surface area contributed by atoms with Crippen LogP contribution in [0, 0.1) is 5.41 Å². The summed E-state index contributed by atoms with van der Waals surface area (Å²) in [5.74, 6) is -0.479. The third-order valence-electron chi connectivity index (χ3n) is 7.45. The second kappa shape index (κ2) is 13.7. The molecule has 0 bridgehead atoms. The summed E-state index contributed by atoms with van der Waals surface area (Å²) in [5, 5.41) is 5.90. The van der Waals surface area contributed by atoms with Crippen molar-refractivity contribution in [1.82, 2.24) is 30.4 Å². The van der Waals surface area contributed by atoms with E-state index in [2.05, 4.69) is 20.6 Å². The normalized spacial score (nSPS) is 17.9. The summed E-state index contributed by atoms with van der Waals surface area (Å²) >= 11 is 0. The third kappa shape index (κ3) is 8.37. The number of carbonyl (C=O) groups excluding carboxylic acids is 3. The minimum atomic E-state index is -0.726. The summed E-state index contributed by atoms with van der Waals surface area (Å²) in [5.41, 5.74) is 7.82. The van der Waals surface area contributed by atoms with Gasteiger partial charge in [0.05, 0.1) is 18.4 Å². The Balaban J connectivity index is 1.78. The van der Waals surface area contributed by atoms with Gasteiger partial charge in [0.2, 0.25) is 17.7 Å². The van der Waals surface area contributed by atoms with Crippen LogP contribution in [-0.4, -0.2) is 88.3 Å². The molecule has 1 fully saturated rings. The SMILES string of the molecule is CN[C@@H](C)C(=O)N[C@H](C(=O)N1CCC[C@H]1CN(CCc1ccccc1)C(=O)C(N)Cc1cnc[nH]1)C(C)(C)C. The number of likely N-dealkylation sites (N-methyl/N-ethyl adjacent to an activating group) is 1. The highest BCUT2D eigenvalue weighted by Crippen LogP contribution is 2.26. The van der Waals surface area contributed by atoms with Gasteiger partial charge in [-0.1, -0.05) is 51.1 Å². The number of amides is 3. The molecule has 10 heteroatoms. The van der Waals surface area contributed by atoms with Crippen LogP contribution in [-0.2, 0) is 27.2 Å². The number of carbonyl (C=O) groups is 3. The first-order chi connectivity index (χ1) is 18.5. The zero-order chi connectivity index (χ0) is 28.6. The molecule has 1 saturated heterocycles. The van der Waals surface area contributed by atoms with Crippen LogP contribution < -0.4 is 16.4 Å². The molecule has 10 nitrogen and oxygen atoms in total. The number of aromatic nitrogens is 2. The van der Waals surface area contributed by atoms with Gasteiger partial charge in [0.15, 0.2) is 0 Å². The second-order valence-corrected chi connectivity index (χ2v) is 11.6. The summed E-state index contributed by atoms with van der Waals surface area (Å²) in [7, 11) is 1.72. The summed E-state index contributed by atoms with van der Waals surface area (Å²) < 4.78 is 0. The molecule has 214 valence electrons. The van der Waals surface area contributed by atoms with E-state index in [0.717, 1.165) is 24.1 Å². The molecule has 0 radical (unpaired) electrons. The minimum absolute atomic E-state index is 0.112. The van der Waals surface area contributed by atoms with Crippen molar-refractivity contribution >= 4 is 17.7 Å². The minimum Gasteiger partial charge on any atom is -0.348 e. The van der Waals surface area contributed by atoms with Crippen LogP contribution in [0.2, 0.25) is 0 Å². The van der Waals surface area contributed by atoms with Gasteiger partial charge in [-0.3, -0.25) is 14.4 Å². The lowest BCUT2D eigenvalue weighted by atomic mass is 9.85. The number of likely N-dealkylation sites (tertiary alicyclic amines) is 1. The third-order valence-corrected chi connectivity index (χ3v) is 7.45. The predicted octanol–water partition coefficient (Wildman–Crippen LogP) is 1.48. The summed E-state index contributed by atoms with van der Waals surface area (Å²) in [6.45, 7) is 9.11. The predicted molar refractivity (Wildman–Crippen MR) is 152 cm³/mol. The molecule has 1 unspecified atom stereocenters. The van der Waals surface area contributed by atoms with Crippen molar-refractivity contribution in [2.75, 3.05) is 26.7 Å². The van der Waals surface area contributed by atoms with Crippen molar-refractivity contribution in [1.29, 1.82) is 0 Å². The molecule has 0 spiro atoms. The zero-order valence-corrected chi connectivity index (χ0v) is 23.9. The number of H-pyrrole nitrogens is 1. The molecule has 3 amide bonds. The van der Waals surface area contributed by atoms with Crippen LogP contribution in [0.3, 0.4) is 0 Å². The van der Waals surface area contributed by atoms with Gasteiger partial charge in [0.25, 0.3) is 0 Å². The monoisotopic (exact) mass is 539 g/mol. The molecule has 5 N–H and O–H groups in total. The fourth-order valence-electron chi connectivity index (χ4n) is 4.94. The van der Waals surface area contributed by atoms with E-state index in [1.54, 1.807) is 31.4 Å². The maximum Gasteiger partial charge on any atom is 0.246 e. The first-order valence-corrected chi connectivity index (χ1v) is 13.8. The second-order valence-electron chi connectivity index (χ2n) is 11.6. The molecule has 3 rings (SSSR count). The molecule has 0 aliphatic carbocycles. The van der Waals surface area contributed by atoms with Gasteiger partial charge in [-0.05, 0) is 44.2 Å². The Labute approximate surface area is 232 Å². The van der Waals surface area contributed by atoms with E-state index in [1.807, 2.05) is 56.0 Å². The van der Waals surface area contributed by atoms with Gasteiger partial charge in [-0.25, -0.2) is 4.98 Å². The Bertz CT molecular complexity index is 1070. The molecule has 39 heavy (non-hydrogen) atoms. The number of rotatable bonds is 12. The van der Waals surface area contributed by atoms with Crippen LogP contribution in [0.25, 0.3) is 0 Å². The van der Waals surface area contributed by atoms with Crippen molar-refractivity contribution in [3.05, 3.63) is 54.1 Å². The molecule has 1 aliphatic heterocycles. The van der Waals surface area contributed by atoms with Crippen molar-refractivity contribution in [2.24, 2.45) is 11.1 Å². The Morgan fingerprint density at radius 1 is 1.23 bits per heavy atom. The van der Waals surface area contributed by atoms with Crippen molar-refractivity contribution in [3.63, 3.8) is 0 Å². The Morgan fingerprint density at radius 2 is 1.95 bits per heavy atom. The number of nitrogens with zero attached hydrogens (tertiary/aromatic N) is 3. The van der Waals surface area contributed by atoms with E-state index < -0.39 is 23.5 Å². The van der Waals surface area contributed by atoms with Gasteiger partial charge >= 0.3 is 0 Å². The van der Waals surface area contributed by atoms with Crippen LogP contribution in [0.5, 0.6) is 0 Å². The van der Waals surface area contributed by atoms with Gasteiger partial charge in [-0.15, -0.1) is 0 Å². The highest BCUT2D eigenvalue weighted by atomic mass is 16.2. The van der Waals surface area contributed by atoms with E-state index in [0.29, 0.717) is 32.5 Å². The number of benzene rings is 1. The van der Waals surface area contributed by atoms with Crippen molar-refractivity contribution in [2.45, 2.75) is 77.5 Å². The number of nitrogens with one attached hydrogen (secondary N) is 3. The summed E-state index contributed by atoms with van der Waals surface area (Å²) in [6, 6.07) is 8.05. The highest BCUT2D eigenvalue weighted by Gasteiger charge is 2.41. The lowest BCUT2D eigenvalue weighted by Crippen LogP contribution is -2.59. The van der Waals surface area contributed by atoms with Crippen molar-refractivity contribution in [3.8, 4) is 0 Å². The molecule has 2 heterocycles. The lowest BCUT2D eigenvalue weighted by Gasteiger charge is -2.38. The van der Waals surface area contributed by atoms with Crippen LogP contribution in [0.4, 0.5) is 0 Å². The Hall–Kier alpha value is -3.24. The molecule has 4 atom stereocenters. The van der Waals surface area contributed by atoms with E-state index in [9.17, 15) is 14.4 Å². The van der Waals surface area contributed by atoms with Gasteiger partial charge < -0.3 is 31.2 Å². The van der Waals surface area contributed by atoms with Gasteiger partial charge in [0, 0.05) is 44.0 Å². The Kier molecular flexibility index (Phi) is 10.7. The number of hydrogen-bond donors (Lipinski definition) is 4. The molecular weight excluding hydrogens is 494 g/mol. The molecule has 2 aromatic rings. The summed E-state index contributed by atoms with van der Waals surface area (Å²) in [6.07, 6.45) is 5.92. The molecular formula is C29H45N7O3. The zero-order valence-electron chi connectivity index (χ0n) is 23.9. The smallest absolute Gasteiger partial charge is 0.246 e. The standard InChI is InChI=1S/C29H45N7O3/c1-20(31-5)26(37)34-25(29(2,3)4)28(39)36-14-9-12-23(36)18-35(15-13-21-10-7-6-8-11-21)27(38)24(30)16-22-17-32-19-33-22/h6-8,10-11,17,19-20,23-25,31H,9,12-16,18,30H2,1-5H3,(H,32,33)(H,34,37)/t20-,23-,24?,25+/m0/s1.